The van der Waals surface area contributed by atoms with Crippen molar-refractivity contribution in [3.63, 3.8) is 0 Å². The monoisotopic (exact) mass is 516 g/mol. The molecule has 0 aliphatic carbocycles. The number of aromatic nitrogens is 2. The second-order valence-electron chi connectivity index (χ2n) is 9.51. The van der Waals surface area contributed by atoms with E-state index in [2.05, 4.69) is 49.0 Å². The standard InChI is InChI=1S/C32H40N2O4/c1-25(2)8-5-9-26(3)10-6-12-28(24-38-32(36)30-16-21-34-22-17-30)13-7-11-27(4)18-23-37-31(35)29-14-19-33-20-15-29/h8,10,13-22H,5-7,9,11-12,23-24H2,1-4H3. The minimum absolute atomic E-state index is 0.226. The molecule has 0 amide bonds. The number of rotatable bonds is 15. The third-order valence-corrected chi connectivity index (χ3v) is 5.89. The number of ether oxygens (including phenoxy) is 2. The van der Waals surface area contributed by atoms with Crippen molar-refractivity contribution in [3.05, 3.63) is 107 Å². The predicted molar refractivity (Wildman–Crippen MR) is 152 cm³/mol. The smallest absolute Gasteiger partial charge is 0.338 e. The van der Waals surface area contributed by atoms with Gasteiger partial charge in [0.25, 0.3) is 0 Å². The number of carbonyl (C=O) groups excluding carboxylic acids is 2. The molecule has 0 saturated heterocycles. The van der Waals surface area contributed by atoms with Crippen molar-refractivity contribution in [2.75, 3.05) is 13.2 Å². The largest absolute Gasteiger partial charge is 0.458 e. The summed E-state index contributed by atoms with van der Waals surface area (Å²) in [5, 5.41) is 0. The molecule has 202 valence electrons. The van der Waals surface area contributed by atoms with E-state index in [-0.39, 0.29) is 25.2 Å². The third kappa shape index (κ3) is 12.9. The molecule has 0 aliphatic heterocycles. The SMILES string of the molecule is CC(C)=CCCC(C)=CCCC(=CCCC(C)=CCOC(=O)c1ccncc1)COC(=O)c1ccncc1. The summed E-state index contributed by atoms with van der Waals surface area (Å²) in [5.41, 5.74) is 5.92. The molecule has 0 fully saturated rings. The molecule has 6 heteroatoms. The van der Waals surface area contributed by atoms with Crippen LogP contribution in [0.1, 0.15) is 86.9 Å². The van der Waals surface area contributed by atoms with Gasteiger partial charge in [-0.3, -0.25) is 9.97 Å². The fourth-order valence-corrected chi connectivity index (χ4v) is 3.59. The maximum absolute atomic E-state index is 12.4. The zero-order chi connectivity index (χ0) is 27.6. The van der Waals surface area contributed by atoms with Gasteiger partial charge in [0.1, 0.15) is 13.2 Å². The normalized spacial score (nSPS) is 12.2. The van der Waals surface area contributed by atoms with Crippen molar-refractivity contribution < 1.29 is 19.1 Å². The first-order valence-corrected chi connectivity index (χ1v) is 13.1. The van der Waals surface area contributed by atoms with Crippen LogP contribution in [0.5, 0.6) is 0 Å². The Balaban J connectivity index is 1.89. The number of allylic oxidation sites excluding steroid dienone is 6. The summed E-state index contributed by atoms with van der Waals surface area (Å²) >= 11 is 0. The number of hydrogen-bond donors (Lipinski definition) is 0. The first-order valence-electron chi connectivity index (χ1n) is 13.1. The van der Waals surface area contributed by atoms with Gasteiger partial charge in [-0.25, -0.2) is 9.59 Å². The molecular weight excluding hydrogens is 476 g/mol. The average molecular weight is 517 g/mol. The van der Waals surface area contributed by atoms with Crippen LogP contribution in [0.2, 0.25) is 0 Å². The van der Waals surface area contributed by atoms with Gasteiger partial charge in [-0.05, 0) is 102 Å². The van der Waals surface area contributed by atoms with Crippen molar-refractivity contribution in [3.8, 4) is 0 Å². The van der Waals surface area contributed by atoms with Crippen LogP contribution in [-0.2, 0) is 9.47 Å². The molecule has 2 heterocycles. The number of nitrogens with zero attached hydrogens (tertiary/aromatic N) is 2. The summed E-state index contributed by atoms with van der Waals surface area (Å²) in [4.78, 5) is 32.3. The zero-order valence-corrected chi connectivity index (χ0v) is 23.1. The summed E-state index contributed by atoms with van der Waals surface area (Å²) < 4.78 is 10.9. The van der Waals surface area contributed by atoms with Crippen LogP contribution in [0.15, 0.2) is 95.6 Å². The Kier molecular flexibility index (Phi) is 14.1. The molecule has 0 bridgehead atoms. The number of hydrogen-bond acceptors (Lipinski definition) is 6. The fraction of sp³-hybridized carbons (Fsp3) is 0.375. The summed E-state index contributed by atoms with van der Waals surface area (Å²) in [6.07, 6.45) is 20.4. The van der Waals surface area contributed by atoms with Crippen molar-refractivity contribution >= 4 is 11.9 Å². The third-order valence-electron chi connectivity index (χ3n) is 5.89. The molecule has 0 unspecified atom stereocenters. The van der Waals surface area contributed by atoms with E-state index >= 15 is 0 Å². The minimum atomic E-state index is -0.362. The van der Waals surface area contributed by atoms with Gasteiger partial charge in [0.05, 0.1) is 11.1 Å². The first kappa shape index (κ1) is 30.4. The highest BCUT2D eigenvalue weighted by Crippen LogP contribution is 2.15. The number of pyridine rings is 2. The van der Waals surface area contributed by atoms with Crippen LogP contribution in [0.25, 0.3) is 0 Å². The second kappa shape index (κ2) is 17.6. The topological polar surface area (TPSA) is 78.4 Å². The van der Waals surface area contributed by atoms with Gasteiger partial charge in [0.15, 0.2) is 0 Å². The lowest BCUT2D eigenvalue weighted by Gasteiger charge is -2.10. The van der Waals surface area contributed by atoms with Crippen LogP contribution in [0.3, 0.4) is 0 Å². The van der Waals surface area contributed by atoms with E-state index in [1.54, 1.807) is 49.1 Å². The Morgan fingerprint density at radius 3 is 1.74 bits per heavy atom. The maximum atomic E-state index is 12.4. The maximum Gasteiger partial charge on any atom is 0.338 e. The summed E-state index contributed by atoms with van der Waals surface area (Å²) in [7, 11) is 0. The quantitative estimate of drug-likeness (QED) is 0.179. The molecule has 2 rings (SSSR count). The molecule has 2 aromatic rings. The van der Waals surface area contributed by atoms with Crippen LogP contribution >= 0.6 is 0 Å². The Morgan fingerprint density at radius 2 is 1.16 bits per heavy atom. The van der Waals surface area contributed by atoms with E-state index in [1.165, 1.54) is 11.1 Å². The van der Waals surface area contributed by atoms with E-state index in [9.17, 15) is 9.59 Å². The van der Waals surface area contributed by atoms with E-state index in [4.69, 9.17) is 9.47 Å². The second-order valence-corrected chi connectivity index (χ2v) is 9.51. The lowest BCUT2D eigenvalue weighted by Crippen LogP contribution is -2.08. The molecule has 38 heavy (non-hydrogen) atoms. The lowest BCUT2D eigenvalue weighted by molar-refractivity contribution is 0.0532. The van der Waals surface area contributed by atoms with E-state index in [0.717, 1.165) is 49.7 Å². The minimum Gasteiger partial charge on any atom is -0.458 e. The molecule has 0 spiro atoms. The molecule has 2 aromatic heterocycles. The molecular formula is C32H40N2O4. The van der Waals surface area contributed by atoms with Crippen molar-refractivity contribution in [1.82, 2.24) is 9.97 Å². The highest BCUT2D eigenvalue weighted by Gasteiger charge is 2.08. The highest BCUT2D eigenvalue weighted by atomic mass is 16.5. The summed E-state index contributed by atoms with van der Waals surface area (Å²) in [6, 6.07) is 6.57. The predicted octanol–water partition coefficient (Wildman–Crippen LogP) is 7.62. The van der Waals surface area contributed by atoms with Gasteiger partial charge in [-0.2, -0.15) is 0 Å². The summed E-state index contributed by atoms with van der Waals surface area (Å²) in [6.45, 7) is 8.92. The van der Waals surface area contributed by atoms with Gasteiger partial charge in [-0.1, -0.05) is 34.9 Å². The number of esters is 2. The van der Waals surface area contributed by atoms with E-state index in [1.807, 2.05) is 13.0 Å². The van der Waals surface area contributed by atoms with Crippen LogP contribution in [-0.4, -0.2) is 35.1 Å². The van der Waals surface area contributed by atoms with Crippen LogP contribution < -0.4 is 0 Å². The average Bonchev–Trinajstić information content (AvgIpc) is 2.92. The molecule has 0 saturated carbocycles. The van der Waals surface area contributed by atoms with Gasteiger partial charge in [0.2, 0.25) is 0 Å². The lowest BCUT2D eigenvalue weighted by atomic mass is 10.0. The summed E-state index contributed by atoms with van der Waals surface area (Å²) in [5.74, 6) is -0.710. The molecule has 0 radical (unpaired) electrons. The van der Waals surface area contributed by atoms with Crippen molar-refractivity contribution in [2.45, 2.75) is 66.2 Å². The van der Waals surface area contributed by atoms with Gasteiger partial charge in [-0.15, -0.1) is 0 Å². The van der Waals surface area contributed by atoms with Gasteiger partial charge in [0, 0.05) is 24.8 Å². The van der Waals surface area contributed by atoms with Gasteiger partial charge >= 0.3 is 11.9 Å². The Bertz CT molecular complexity index is 1130. The Morgan fingerprint density at radius 1 is 0.658 bits per heavy atom. The van der Waals surface area contributed by atoms with Crippen molar-refractivity contribution in [1.29, 1.82) is 0 Å². The Labute approximate surface area is 227 Å². The van der Waals surface area contributed by atoms with Gasteiger partial charge < -0.3 is 9.47 Å². The molecule has 0 aromatic carbocycles. The zero-order valence-electron chi connectivity index (χ0n) is 23.1. The van der Waals surface area contributed by atoms with E-state index in [0.29, 0.717) is 11.1 Å². The Hall–Kier alpha value is -3.80. The molecule has 0 N–H and O–H groups in total. The van der Waals surface area contributed by atoms with Crippen LogP contribution in [0, 0.1) is 0 Å². The van der Waals surface area contributed by atoms with Crippen molar-refractivity contribution in [2.24, 2.45) is 0 Å². The first-order chi connectivity index (χ1) is 18.3. The highest BCUT2D eigenvalue weighted by molar-refractivity contribution is 5.89. The fourth-order valence-electron chi connectivity index (χ4n) is 3.59. The molecule has 0 aliphatic rings. The van der Waals surface area contributed by atoms with E-state index < -0.39 is 0 Å². The molecule has 0 atom stereocenters. The van der Waals surface area contributed by atoms with Crippen LogP contribution in [0.4, 0.5) is 0 Å². The number of carbonyl (C=O) groups is 2. The molecule has 6 nitrogen and oxygen atoms in total.